The molecule has 1 unspecified atom stereocenters. The first-order chi connectivity index (χ1) is 14.9. The van der Waals surface area contributed by atoms with E-state index in [4.69, 9.17) is 4.74 Å². The van der Waals surface area contributed by atoms with Crippen LogP contribution in [0.25, 0.3) is 0 Å². The molecule has 5 nitrogen and oxygen atoms in total. The van der Waals surface area contributed by atoms with Crippen molar-refractivity contribution in [1.29, 1.82) is 0 Å². The van der Waals surface area contributed by atoms with Crippen molar-refractivity contribution < 1.29 is 18.7 Å². The minimum Gasteiger partial charge on any atom is -0.494 e. The van der Waals surface area contributed by atoms with E-state index in [1.807, 2.05) is 38.1 Å². The SMILES string of the molecule is CCOc1ccc(C(C)NC(=O)c2ccc(C)c(NC(=O)c3ccccc3F)c2)cc1. The number of anilines is 1. The molecule has 3 aromatic rings. The van der Waals surface area contributed by atoms with Gasteiger partial charge in [0.05, 0.1) is 18.2 Å². The van der Waals surface area contributed by atoms with Crippen molar-refractivity contribution in [2.24, 2.45) is 0 Å². The molecule has 0 aliphatic rings. The monoisotopic (exact) mass is 420 g/mol. The van der Waals surface area contributed by atoms with E-state index in [0.29, 0.717) is 17.9 Å². The number of ether oxygens (including phenoxy) is 1. The number of aryl methyl sites for hydroxylation is 1. The van der Waals surface area contributed by atoms with Crippen LogP contribution in [0, 0.1) is 12.7 Å². The molecule has 0 aromatic heterocycles. The fourth-order valence-electron chi connectivity index (χ4n) is 3.12. The van der Waals surface area contributed by atoms with Gasteiger partial charge in [0, 0.05) is 11.3 Å². The predicted octanol–water partition coefficient (Wildman–Crippen LogP) is 5.28. The van der Waals surface area contributed by atoms with Crippen molar-refractivity contribution >= 4 is 17.5 Å². The van der Waals surface area contributed by atoms with Crippen LogP contribution >= 0.6 is 0 Å². The molecule has 0 aliphatic carbocycles. The predicted molar refractivity (Wildman–Crippen MR) is 119 cm³/mol. The minimum absolute atomic E-state index is 0.0547. The lowest BCUT2D eigenvalue weighted by molar-refractivity contribution is 0.0938. The van der Waals surface area contributed by atoms with Gasteiger partial charge < -0.3 is 15.4 Å². The molecule has 0 saturated heterocycles. The molecule has 0 aliphatic heterocycles. The molecular weight excluding hydrogens is 395 g/mol. The van der Waals surface area contributed by atoms with Crippen LogP contribution in [0.4, 0.5) is 10.1 Å². The molecule has 0 saturated carbocycles. The number of rotatable bonds is 7. The zero-order valence-corrected chi connectivity index (χ0v) is 17.7. The number of carbonyl (C=O) groups is 2. The van der Waals surface area contributed by atoms with Gasteiger partial charge in [0.15, 0.2) is 0 Å². The van der Waals surface area contributed by atoms with Crippen molar-refractivity contribution in [3.8, 4) is 5.75 Å². The van der Waals surface area contributed by atoms with Crippen LogP contribution in [0.15, 0.2) is 66.7 Å². The molecule has 3 rings (SSSR count). The van der Waals surface area contributed by atoms with Gasteiger partial charge in [0.25, 0.3) is 11.8 Å². The van der Waals surface area contributed by atoms with Crippen LogP contribution in [0.1, 0.15) is 51.7 Å². The third-order valence-corrected chi connectivity index (χ3v) is 4.91. The van der Waals surface area contributed by atoms with E-state index in [-0.39, 0.29) is 17.5 Å². The van der Waals surface area contributed by atoms with Crippen LogP contribution in [0.5, 0.6) is 5.75 Å². The van der Waals surface area contributed by atoms with Crippen LogP contribution in [0.2, 0.25) is 0 Å². The van der Waals surface area contributed by atoms with Crippen LogP contribution in [-0.4, -0.2) is 18.4 Å². The van der Waals surface area contributed by atoms with Crippen molar-refractivity contribution in [3.05, 3.63) is 94.8 Å². The number of carbonyl (C=O) groups excluding carboxylic acids is 2. The molecule has 160 valence electrons. The summed E-state index contributed by atoms with van der Waals surface area (Å²) in [6, 6.07) is 18.1. The number of amides is 2. The zero-order chi connectivity index (χ0) is 22.4. The zero-order valence-electron chi connectivity index (χ0n) is 17.7. The molecule has 31 heavy (non-hydrogen) atoms. The summed E-state index contributed by atoms with van der Waals surface area (Å²) in [5, 5.41) is 5.65. The molecule has 0 spiro atoms. The first-order valence-electron chi connectivity index (χ1n) is 10.1. The second kappa shape index (κ2) is 9.89. The lowest BCUT2D eigenvalue weighted by Gasteiger charge is -2.16. The van der Waals surface area contributed by atoms with Gasteiger partial charge in [-0.1, -0.05) is 30.3 Å². The molecule has 2 amide bonds. The lowest BCUT2D eigenvalue weighted by atomic mass is 10.1. The highest BCUT2D eigenvalue weighted by molar-refractivity contribution is 6.05. The molecule has 6 heteroatoms. The molecule has 0 fully saturated rings. The van der Waals surface area contributed by atoms with Crippen molar-refractivity contribution in [2.75, 3.05) is 11.9 Å². The van der Waals surface area contributed by atoms with Gasteiger partial charge in [-0.25, -0.2) is 4.39 Å². The van der Waals surface area contributed by atoms with Crippen molar-refractivity contribution in [1.82, 2.24) is 5.32 Å². The fourth-order valence-corrected chi connectivity index (χ4v) is 3.12. The quantitative estimate of drug-likeness (QED) is 0.547. The number of nitrogens with one attached hydrogen (secondary N) is 2. The second-order valence-electron chi connectivity index (χ2n) is 7.16. The Morgan fingerprint density at radius 1 is 1.00 bits per heavy atom. The summed E-state index contributed by atoms with van der Waals surface area (Å²) in [4.78, 5) is 25.2. The Labute approximate surface area is 181 Å². The number of hydrogen-bond donors (Lipinski definition) is 2. The molecule has 1 atom stereocenters. The summed E-state index contributed by atoms with van der Waals surface area (Å²) < 4.78 is 19.3. The Bertz CT molecular complexity index is 1080. The number of hydrogen-bond acceptors (Lipinski definition) is 3. The first-order valence-corrected chi connectivity index (χ1v) is 10.1. The van der Waals surface area contributed by atoms with Gasteiger partial charge in [0.1, 0.15) is 11.6 Å². The standard InChI is InChI=1S/C25H25FN2O3/c1-4-31-20-13-11-18(12-14-20)17(3)27-24(29)19-10-9-16(2)23(15-19)28-25(30)21-7-5-6-8-22(21)26/h5-15,17H,4H2,1-3H3,(H,27,29)(H,28,30). The third-order valence-electron chi connectivity index (χ3n) is 4.91. The minimum atomic E-state index is -0.601. The molecule has 0 radical (unpaired) electrons. The van der Waals surface area contributed by atoms with Gasteiger partial charge in [-0.3, -0.25) is 9.59 Å². The van der Waals surface area contributed by atoms with Gasteiger partial charge in [0.2, 0.25) is 0 Å². The average Bonchev–Trinajstić information content (AvgIpc) is 2.76. The highest BCUT2D eigenvalue weighted by atomic mass is 19.1. The second-order valence-corrected chi connectivity index (χ2v) is 7.16. The normalized spacial score (nSPS) is 11.5. The van der Waals surface area contributed by atoms with E-state index in [1.165, 1.54) is 18.2 Å². The maximum Gasteiger partial charge on any atom is 0.258 e. The van der Waals surface area contributed by atoms with E-state index in [2.05, 4.69) is 10.6 Å². The topological polar surface area (TPSA) is 67.4 Å². The summed E-state index contributed by atoms with van der Waals surface area (Å²) in [7, 11) is 0. The van der Waals surface area contributed by atoms with E-state index in [1.54, 1.807) is 31.2 Å². The van der Waals surface area contributed by atoms with Crippen LogP contribution < -0.4 is 15.4 Å². The molecule has 2 N–H and O–H groups in total. The van der Waals surface area contributed by atoms with Gasteiger partial charge in [-0.2, -0.15) is 0 Å². The summed E-state index contributed by atoms with van der Waals surface area (Å²) >= 11 is 0. The maximum atomic E-state index is 13.9. The van der Waals surface area contributed by atoms with Crippen molar-refractivity contribution in [3.63, 3.8) is 0 Å². The Morgan fingerprint density at radius 3 is 2.39 bits per heavy atom. The summed E-state index contributed by atoms with van der Waals surface area (Å²) in [5.41, 5.74) is 2.50. The smallest absolute Gasteiger partial charge is 0.258 e. The number of halogens is 1. The van der Waals surface area contributed by atoms with E-state index in [9.17, 15) is 14.0 Å². The number of benzene rings is 3. The first kappa shape index (κ1) is 22.0. The fraction of sp³-hybridized carbons (Fsp3) is 0.200. The van der Waals surface area contributed by atoms with Gasteiger partial charge in [-0.05, 0) is 68.3 Å². The maximum absolute atomic E-state index is 13.9. The van der Waals surface area contributed by atoms with Gasteiger partial charge in [-0.15, -0.1) is 0 Å². The molecule has 0 heterocycles. The largest absolute Gasteiger partial charge is 0.494 e. The molecule has 3 aromatic carbocycles. The Hall–Kier alpha value is -3.67. The third kappa shape index (κ3) is 5.48. The average molecular weight is 420 g/mol. The van der Waals surface area contributed by atoms with Gasteiger partial charge >= 0.3 is 0 Å². The van der Waals surface area contributed by atoms with Crippen molar-refractivity contribution in [2.45, 2.75) is 26.8 Å². The Morgan fingerprint density at radius 2 is 1.71 bits per heavy atom. The summed E-state index contributed by atoms with van der Waals surface area (Å²) in [6.45, 7) is 6.21. The van der Waals surface area contributed by atoms with Crippen LogP contribution in [-0.2, 0) is 0 Å². The summed E-state index contributed by atoms with van der Waals surface area (Å²) in [6.07, 6.45) is 0. The lowest BCUT2D eigenvalue weighted by Crippen LogP contribution is -2.26. The van der Waals surface area contributed by atoms with E-state index < -0.39 is 11.7 Å². The van der Waals surface area contributed by atoms with E-state index in [0.717, 1.165) is 16.9 Å². The highest BCUT2D eigenvalue weighted by Gasteiger charge is 2.16. The van der Waals surface area contributed by atoms with E-state index >= 15 is 0 Å². The molecule has 0 bridgehead atoms. The Kier molecular flexibility index (Phi) is 7.03. The molecular formula is C25H25FN2O3. The summed E-state index contributed by atoms with van der Waals surface area (Å²) in [5.74, 6) is -0.668. The Balaban J connectivity index is 1.72. The highest BCUT2D eigenvalue weighted by Crippen LogP contribution is 2.21. The van der Waals surface area contributed by atoms with Crippen LogP contribution in [0.3, 0.4) is 0 Å².